The summed E-state index contributed by atoms with van der Waals surface area (Å²) in [6.45, 7) is 5.21. The molecule has 9 nitrogen and oxygen atoms in total. The van der Waals surface area contributed by atoms with Crippen LogP contribution in [0.2, 0.25) is 0 Å². The molecule has 182 valence electrons. The molecular weight excluding hydrogens is 457 g/mol. The highest BCUT2D eigenvalue weighted by Gasteiger charge is 2.22. The van der Waals surface area contributed by atoms with Crippen LogP contribution in [0.4, 0.5) is 16.2 Å². The van der Waals surface area contributed by atoms with Crippen molar-refractivity contribution in [3.05, 3.63) is 84.1 Å². The van der Waals surface area contributed by atoms with Gasteiger partial charge in [0.05, 0.1) is 5.69 Å². The van der Waals surface area contributed by atoms with Crippen LogP contribution in [0.25, 0.3) is 16.6 Å². The Bertz CT molecular complexity index is 1500. The molecule has 5 aromatic rings. The van der Waals surface area contributed by atoms with Crippen LogP contribution in [0.15, 0.2) is 61.4 Å². The topological polar surface area (TPSA) is 80.3 Å². The summed E-state index contributed by atoms with van der Waals surface area (Å²) < 4.78 is 16.9. The molecule has 0 saturated carbocycles. The van der Waals surface area contributed by atoms with Crippen LogP contribution in [0.5, 0.6) is 0 Å². The number of anilines is 2. The molecular formula is C26H26FN9. The first kappa shape index (κ1) is 22.1. The number of nitrogens with zero attached hydrogens (tertiary/aromatic N) is 9. The normalized spacial score (nSPS) is 14.1. The highest BCUT2D eigenvalue weighted by Crippen LogP contribution is 2.29. The summed E-state index contributed by atoms with van der Waals surface area (Å²) in [6, 6.07) is 8.67. The summed E-state index contributed by atoms with van der Waals surface area (Å²) >= 11 is 0. The lowest BCUT2D eigenvalue weighted by Gasteiger charge is -2.35. The zero-order valence-electron chi connectivity index (χ0n) is 20.2. The lowest BCUT2D eigenvalue weighted by atomic mass is 10.1. The van der Waals surface area contributed by atoms with Crippen molar-refractivity contribution in [3.63, 3.8) is 0 Å². The molecule has 1 fully saturated rings. The van der Waals surface area contributed by atoms with Crippen molar-refractivity contribution in [2.75, 3.05) is 36.0 Å². The van der Waals surface area contributed by atoms with E-state index in [-0.39, 0.29) is 5.82 Å². The molecule has 1 aromatic carbocycles. The van der Waals surface area contributed by atoms with Gasteiger partial charge < -0.3 is 9.80 Å². The molecule has 0 aliphatic carbocycles. The predicted octanol–water partition coefficient (Wildman–Crippen LogP) is 3.28. The first-order valence-electron chi connectivity index (χ1n) is 11.9. The Kier molecular flexibility index (Phi) is 5.55. The molecule has 6 rings (SSSR count). The second-order valence-corrected chi connectivity index (χ2v) is 9.11. The van der Waals surface area contributed by atoms with Gasteiger partial charge in [-0.3, -0.25) is 4.68 Å². The molecule has 1 aliphatic heterocycles. The van der Waals surface area contributed by atoms with Gasteiger partial charge in [-0.15, -0.1) is 0 Å². The number of rotatable bonds is 5. The average Bonchev–Trinajstić information content (AvgIpc) is 3.48. The molecule has 0 N–H and O–H groups in total. The van der Waals surface area contributed by atoms with Crippen LogP contribution < -0.4 is 9.80 Å². The Morgan fingerprint density at radius 2 is 1.61 bits per heavy atom. The van der Waals surface area contributed by atoms with Gasteiger partial charge in [0.25, 0.3) is 0 Å². The van der Waals surface area contributed by atoms with Crippen LogP contribution in [0, 0.1) is 12.7 Å². The van der Waals surface area contributed by atoms with Gasteiger partial charge in [-0.1, -0.05) is 12.1 Å². The number of halogens is 1. The maximum atomic E-state index is 13.1. The third kappa shape index (κ3) is 4.26. The minimum Gasteiger partial charge on any atom is -0.351 e. The van der Waals surface area contributed by atoms with E-state index in [1.54, 1.807) is 18.5 Å². The van der Waals surface area contributed by atoms with Crippen molar-refractivity contribution in [1.29, 1.82) is 0 Å². The summed E-state index contributed by atoms with van der Waals surface area (Å²) in [5.74, 6) is 1.42. The molecule has 1 aliphatic rings. The largest absolute Gasteiger partial charge is 0.351 e. The third-order valence-corrected chi connectivity index (χ3v) is 6.59. The monoisotopic (exact) mass is 483 g/mol. The standard InChI is InChI=1S/C26H26FN9/c1-18-23(16-33(2)32-18)21-12-24-25(30-17-31-36(24)15-21)34-7-9-35(10-8-34)26-28-13-20(14-29-26)11-19-3-5-22(27)6-4-19/h3-6,12-17H,7-11H2,1-2H3. The van der Waals surface area contributed by atoms with Crippen molar-refractivity contribution in [1.82, 2.24) is 34.3 Å². The third-order valence-electron chi connectivity index (χ3n) is 6.59. The fraction of sp³-hybridized carbons (Fsp3) is 0.269. The summed E-state index contributed by atoms with van der Waals surface area (Å²) in [6.07, 6.45) is 10.1. The Morgan fingerprint density at radius 1 is 0.889 bits per heavy atom. The second-order valence-electron chi connectivity index (χ2n) is 9.11. The number of hydrogen-bond donors (Lipinski definition) is 0. The molecule has 0 atom stereocenters. The Balaban J connectivity index is 1.15. The SMILES string of the molecule is Cc1nn(C)cc1-c1cc2c(N3CCN(c4ncc(Cc5ccc(F)cc5)cn4)CC3)ncnn2c1. The van der Waals surface area contributed by atoms with Crippen LogP contribution >= 0.6 is 0 Å². The second kappa shape index (κ2) is 9.03. The molecule has 1 saturated heterocycles. The molecule has 4 aromatic heterocycles. The molecule has 5 heterocycles. The number of aryl methyl sites for hydroxylation is 2. The van der Waals surface area contributed by atoms with Crippen LogP contribution in [-0.2, 0) is 13.5 Å². The Labute approximate surface area is 207 Å². The lowest BCUT2D eigenvalue weighted by Crippen LogP contribution is -2.47. The number of hydrogen-bond acceptors (Lipinski definition) is 7. The van der Waals surface area contributed by atoms with E-state index in [0.717, 1.165) is 71.4 Å². The van der Waals surface area contributed by atoms with E-state index in [1.807, 2.05) is 48.0 Å². The fourth-order valence-electron chi connectivity index (χ4n) is 4.75. The van der Waals surface area contributed by atoms with E-state index >= 15 is 0 Å². The Hall–Kier alpha value is -4.34. The van der Waals surface area contributed by atoms with Crippen molar-refractivity contribution in [3.8, 4) is 11.1 Å². The van der Waals surface area contributed by atoms with Gasteiger partial charge in [0.1, 0.15) is 17.7 Å². The van der Waals surface area contributed by atoms with Gasteiger partial charge in [-0.2, -0.15) is 10.2 Å². The van der Waals surface area contributed by atoms with Gasteiger partial charge in [-0.05, 0) is 36.2 Å². The molecule has 36 heavy (non-hydrogen) atoms. The maximum absolute atomic E-state index is 13.1. The summed E-state index contributed by atoms with van der Waals surface area (Å²) in [5, 5.41) is 8.89. The lowest BCUT2D eigenvalue weighted by molar-refractivity contribution is 0.627. The number of fused-ring (bicyclic) bond motifs is 1. The van der Waals surface area contributed by atoms with Crippen molar-refractivity contribution >= 4 is 17.3 Å². The Morgan fingerprint density at radius 3 is 2.31 bits per heavy atom. The van der Waals surface area contributed by atoms with Crippen LogP contribution in [0.1, 0.15) is 16.8 Å². The number of aromatic nitrogens is 7. The molecule has 0 bridgehead atoms. The summed E-state index contributed by atoms with van der Waals surface area (Å²) in [7, 11) is 1.93. The molecule has 0 radical (unpaired) electrons. The van der Waals surface area contributed by atoms with Gasteiger partial charge in [0.15, 0.2) is 5.82 Å². The van der Waals surface area contributed by atoms with E-state index in [4.69, 9.17) is 0 Å². The summed E-state index contributed by atoms with van der Waals surface area (Å²) in [4.78, 5) is 18.3. The zero-order valence-corrected chi connectivity index (χ0v) is 20.2. The van der Waals surface area contributed by atoms with Crippen LogP contribution in [0.3, 0.4) is 0 Å². The van der Waals surface area contributed by atoms with Crippen molar-refractivity contribution in [2.45, 2.75) is 13.3 Å². The predicted molar refractivity (Wildman–Crippen MR) is 136 cm³/mol. The number of benzene rings is 1. The highest BCUT2D eigenvalue weighted by molar-refractivity contribution is 5.78. The maximum Gasteiger partial charge on any atom is 0.225 e. The minimum atomic E-state index is -0.229. The van der Waals surface area contributed by atoms with E-state index < -0.39 is 0 Å². The molecule has 0 unspecified atom stereocenters. The summed E-state index contributed by atoms with van der Waals surface area (Å²) in [5.41, 5.74) is 6.17. The zero-order chi connectivity index (χ0) is 24.6. The van der Waals surface area contributed by atoms with Gasteiger partial charge >= 0.3 is 0 Å². The van der Waals surface area contributed by atoms with Gasteiger partial charge in [0, 0.05) is 75.6 Å². The van der Waals surface area contributed by atoms with Crippen molar-refractivity contribution < 1.29 is 4.39 Å². The van der Waals surface area contributed by atoms with Crippen molar-refractivity contribution in [2.24, 2.45) is 7.05 Å². The van der Waals surface area contributed by atoms with Crippen LogP contribution in [-0.4, -0.2) is 60.5 Å². The first-order chi connectivity index (χ1) is 17.5. The minimum absolute atomic E-state index is 0.229. The smallest absolute Gasteiger partial charge is 0.225 e. The van der Waals surface area contributed by atoms with E-state index in [9.17, 15) is 4.39 Å². The van der Waals surface area contributed by atoms with E-state index in [2.05, 4.69) is 41.0 Å². The molecule has 0 spiro atoms. The molecule has 0 amide bonds. The van der Waals surface area contributed by atoms with E-state index in [1.165, 1.54) is 12.1 Å². The van der Waals surface area contributed by atoms with Gasteiger partial charge in [-0.25, -0.2) is 23.9 Å². The highest BCUT2D eigenvalue weighted by atomic mass is 19.1. The molecule has 10 heteroatoms. The van der Waals surface area contributed by atoms with Gasteiger partial charge in [0.2, 0.25) is 5.95 Å². The first-order valence-corrected chi connectivity index (χ1v) is 11.9. The van der Waals surface area contributed by atoms with E-state index in [0.29, 0.717) is 6.42 Å². The fourth-order valence-corrected chi connectivity index (χ4v) is 4.75. The quantitative estimate of drug-likeness (QED) is 0.380. The average molecular weight is 484 g/mol. The number of piperazine rings is 1.